The predicted octanol–water partition coefficient (Wildman–Crippen LogP) is 3.11. The van der Waals surface area contributed by atoms with Gasteiger partial charge in [0.15, 0.2) is 9.84 Å². The SMILES string of the molecule is NCCO.O=C(O)C1CN(C(=O)c2csc(CNCS(=O)(=O)c3ccc(Br)cc3)c2Cl)c2ccccc2O1. The van der Waals surface area contributed by atoms with Gasteiger partial charge in [-0.15, -0.1) is 11.3 Å². The van der Waals surface area contributed by atoms with Crippen molar-refractivity contribution in [2.45, 2.75) is 17.5 Å². The second-order valence-electron chi connectivity index (χ2n) is 7.87. The van der Waals surface area contributed by atoms with Crippen molar-refractivity contribution in [3.05, 3.63) is 73.8 Å². The maximum absolute atomic E-state index is 13.3. The van der Waals surface area contributed by atoms with Crippen LogP contribution in [0.25, 0.3) is 0 Å². The van der Waals surface area contributed by atoms with E-state index in [1.165, 1.54) is 28.4 Å². The van der Waals surface area contributed by atoms with Crippen molar-refractivity contribution < 1.29 is 33.0 Å². The van der Waals surface area contributed by atoms with Crippen LogP contribution in [0.4, 0.5) is 5.69 Å². The van der Waals surface area contributed by atoms with Crippen molar-refractivity contribution in [3.63, 3.8) is 0 Å². The highest BCUT2D eigenvalue weighted by Gasteiger charge is 2.35. The maximum atomic E-state index is 13.3. The number of aliphatic carboxylic acids is 1. The van der Waals surface area contributed by atoms with Gasteiger partial charge in [-0.25, -0.2) is 13.2 Å². The lowest BCUT2D eigenvalue weighted by Crippen LogP contribution is -2.47. The number of benzene rings is 2. The average molecular weight is 647 g/mol. The number of thiophene rings is 1. The number of rotatable bonds is 8. The Morgan fingerprint density at radius 1 is 1.21 bits per heavy atom. The number of ether oxygens (including phenoxy) is 1. The fourth-order valence-electron chi connectivity index (χ4n) is 3.37. The number of hydrogen-bond acceptors (Lipinski definition) is 9. The summed E-state index contributed by atoms with van der Waals surface area (Å²) in [5.41, 5.74) is 5.44. The van der Waals surface area contributed by atoms with E-state index in [4.69, 9.17) is 27.2 Å². The molecule has 2 aromatic carbocycles. The van der Waals surface area contributed by atoms with Crippen LogP contribution < -0.4 is 20.7 Å². The number of fused-ring (bicyclic) bond motifs is 1. The zero-order valence-corrected chi connectivity index (χ0v) is 23.8. The van der Waals surface area contributed by atoms with Crippen molar-refractivity contribution in [1.29, 1.82) is 0 Å². The standard InChI is InChI=1S/C22H18BrClN2O6S2.C2H7NO/c23-13-5-7-14(8-6-13)34(30,31)12-25-9-19-20(24)15(11-33-19)21(27)26-10-18(22(28)29)32-17-4-2-1-3-16(17)26;3-1-2-4/h1-8,11,18,25H,9-10,12H2,(H,28,29);4H,1-3H2. The molecule has 1 amide bonds. The normalized spacial score (nSPS) is 14.6. The number of aliphatic hydroxyl groups is 1. The maximum Gasteiger partial charge on any atom is 0.346 e. The molecule has 1 atom stereocenters. The first-order valence-electron chi connectivity index (χ1n) is 11.1. The van der Waals surface area contributed by atoms with Crippen LogP contribution in [0, 0.1) is 0 Å². The van der Waals surface area contributed by atoms with Crippen LogP contribution in [0.1, 0.15) is 15.2 Å². The van der Waals surface area contributed by atoms with Gasteiger partial charge >= 0.3 is 5.97 Å². The number of anilines is 1. The third kappa shape index (κ3) is 7.32. The van der Waals surface area contributed by atoms with Crippen molar-refractivity contribution >= 4 is 66.3 Å². The van der Waals surface area contributed by atoms with Crippen LogP contribution in [0.2, 0.25) is 5.02 Å². The van der Waals surface area contributed by atoms with Crippen molar-refractivity contribution in [1.82, 2.24) is 5.32 Å². The summed E-state index contributed by atoms with van der Waals surface area (Å²) < 4.78 is 31.3. The van der Waals surface area contributed by atoms with Gasteiger partial charge in [-0.3, -0.25) is 10.1 Å². The molecule has 204 valence electrons. The second-order valence-corrected chi connectivity index (χ2v) is 12.1. The lowest BCUT2D eigenvalue weighted by molar-refractivity contribution is -0.144. The summed E-state index contributed by atoms with van der Waals surface area (Å²) in [6, 6.07) is 13.0. The molecule has 1 aliphatic heterocycles. The minimum Gasteiger partial charge on any atom is -0.478 e. The lowest BCUT2D eigenvalue weighted by atomic mass is 10.1. The van der Waals surface area contributed by atoms with Crippen molar-refractivity contribution in [3.8, 4) is 5.75 Å². The van der Waals surface area contributed by atoms with Crippen LogP contribution >= 0.6 is 38.9 Å². The van der Waals surface area contributed by atoms with Gasteiger partial charge in [-0.2, -0.15) is 0 Å². The molecule has 14 heteroatoms. The summed E-state index contributed by atoms with van der Waals surface area (Å²) in [6.45, 7) is 0.445. The molecule has 4 rings (SSSR count). The van der Waals surface area contributed by atoms with Gasteiger partial charge in [0, 0.05) is 27.8 Å². The second kappa shape index (κ2) is 13.5. The van der Waals surface area contributed by atoms with Crippen LogP contribution in [0.15, 0.2) is 63.3 Å². The molecule has 2 heterocycles. The summed E-state index contributed by atoms with van der Waals surface area (Å²) in [6.07, 6.45) is -1.21. The Hall–Kier alpha value is -2.52. The van der Waals surface area contributed by atoms with Crippen LogP contribution in [-0.2, 0) is 21.2 Å². The number of halogens is 2. The fourth-order valence-corrected chi connectivity index (χ4v) is 6.00. The molecule has 0 fully saturated rings. The topological polar surface area (TPSA) is 159 Å². The Bertz CT molecular complexity index is 1380. The molecule has 0 saturated carbocycles. The number of carboxylic acids is 1. The van der Waals surface area contributed by atoms with Crippen molar-refractivity contribution in [2.75, 3.05) is 30.5 Å². The highest BCUT2D eigenvalue weighted by molar-refractivity contribution is 9.10. The molecule has 0 spiro atoms. The van der Waals surface area contributed by atoms with E-state index in [9.17, 15) is 23.1 Å². The number of nitrogens with zero attached hydrogens (tertiary/aromatic N) is 1. The lowest BCUT2D eigenvalue weighted by Gasteiger charge is -2.33. The Labute approximate surface area is 237 Å². The summed E-state index contributed by atoms with van der Waals surface area (Å²) in [5.74, 6) is -1.65. The molecule has 0 aliphatic carbocycles. The molecule has 0 radical (unpaired) electrons. The Morgan fingerprint density at radius 3 is 2.50 bits per heavy atom. The van der Waals surface area contributed by atoms with E-state index in [-0.39, 0.29) is 41.1 Å². The van der Waals surface area contributed by atoms with E-state index in [0.29, 0.717) is 22.9 Å². The molecule has 1 unspecified atom stereocenters. The smallest absolute Gasteiger partial charge is 0.346 e. The molecule has 1 aliphatic rings. The van der Waals surface area contributed by atoms with Gasteiger partial charge in [0.2, 0.25) is 6.10 Å². The van der Waals surface area contributed by atoms with Gasteiger partial charge in [-0.1, -0.05) is 39.7 Å². The van der Waals surface area contributed by atoms with Crippen LogP contribution in [0.3, 0.4) is 0 Å². The average Bonchev–Trinajstić information content (AvgIpc) is 3.27. The van der Waals surface area contributed by atoms with E-state index in [0.717, 1.165) is 4.47 Å². The quantitative estimate of drug-likeness (QED) is 0.288. The number of carbonyl (C=O) groups excluding carboxylic acids is 1. The molecule has 0 bridgehead atoms. The molecule has 0 saturated heterocycles. The van der Waals surface area contributed by atoms with E-state index >= 15 is 0 Å². The summed E-state index contributed by atoms with van der Waals surface area (Å²) >= 11 is 11.0. The summed E-state index contributed by atoms with van der Waals surface area (Å²) in [7, 11) is -3.55. The fraction of sp³-hybridized carbons (Fsp3) is 0.250. The van der Waals surface area contributed by atoms with Gasteiger partial charge in [0.05, 0.1) is 34.3 Å². The number of aliphatic hydroxyl groups excluding tert-OH is 1. The van der Waals surface area contributed by atoms with Crippen LogP contribution in [0.5, 0.6) is 5.75 Å². The number of hydrogen-bond donors (Lipinski definition) is 4. The Kier molecular flexibility index (Phi) is 10.7. The minimum atomic E-state index is -3.55. The van der Waals surface area contributed by atoms with Crippen LogP contribution in [-0.4, -0.2) is 62.2 Å². The molecule has 1 aromatic heterocycles. The highest BCUT2D eigenvalue weighted by Crippen LogP contribution is 2.36. The first-order chi connectivity index (χ1) is 18.1. The molecule has 5 N–H and O–H groups in total. The van der Waals surface area contributed by atoms with E-state index in [1.54, 1.807) is 41.8 Å². The number of carboxylic acid groups (broad SMARTS) is 1. The van der Waals surface area contributed by atoms with E-state index < -0.39 is 27.8 Å². The Balaban J connectivity index is 0.000000934. The zero-order chi connectivity index (χ0) is 27.9. The van der Waals surface area contributed by atoms with Gasteiger partial charge < -0.3 is 25.6 Å². The number of sulfone groups is 1. The third-order valence-corrected chi connectivity index (χ3v) is 8.84. The summed E-state index contributed by atoms with van der Waals surface area (Å²) in [4.78, 5) is 26.9. The third-order valence-electron chi connectivity index (χ3n) is 5.20. The zero-order valence-electron chi connectivity index (χ0n) is 19.8. The van der Waals surface area contributed by atoms with E-state index in [2.05, 4.69) is 21.2 Å². The molecular formula is C24H25BrClN3O7S2. The van der Waals surface area contributed by atoms with Gasteiger partial charge in [-0.05, 0) is 36.4 Å². The number of amides is 1. The predicted molar refractivity (Wildman–Crippen MR) is 149 cm³/mol. The van der Waals surface area contributed by atoms with Gasteiger partial charge in [0.1, 0.15) is 11.6 Å². The Morgan fingerprint density at radius 2 is 1.87 bits per heavy atom. The number of nitrogens with two attached hydrogens (primary N) is 1. The molecule has 3 aromatic rings. The first kappa shape index (κ1) is 30.0. The highest BCUT2D eigenvalue weighted by atomic mass is 79.9. The summed E-state index contributed by atoms with van der Waals surface area (Å²) in [5, 5.41) is 21.8. The molecular weight excluding hydrogens is 622 g/mol. The number of nitrogens with one attached hydrogen (secondary N) is 1. The molecule has 38 heavy (non-hydrogen) atoms. The monoisotopic (exact) mass is 645 g/mol. The van der Waals surface area contributed by atoms with Crippen molar-refractivity contribution in [2.24, 2.45) is 5.73 Å². The largest absolute Gasteiger partial charge is 0.478 e. The number of carbonyl (C=O) groups is 2. The number of para-hydroxylation sites is 2. The van der Waals surface area contributed by atoms with Gasteiger partial charge in [0.25, 0.3) is 5.91 Å². The molecule has 10 nitrogen and oxygen atoms in total. The minimum absolute atomic E-state index is 0.0972. The first-order valence-corrected chi connectivity index (χ1v) is 14.9. The van der Waals surface area contributed by atoms with E-state index in [1.807, 2.05) is 0 Å².